The summed E-state index contributed by atoms with van der Waals surface area (Å²) in [6.07, 6.45) is -2.48. The molecule has 28 heavy (non-hydrogen) atoms. The van der Waals surface area contributed by atoms with Crippen molar-refractivity contribution >= 4 is 11.0 Å². The number of hydrogen-bond donors (Lipinski definition) is 1. The number of piperidine rings is 1. The Kier molecular flexibility index (Phi) is 5.02. The summed E-state index contributed by atoms with van der Waals surface area (Å²) in [6.45, 7) is 2.79. The second kappa shape index (κ2) is 7.47. The molecular formula is C21H22F3N3O. The van der Waals surface area contributed by atoms with E-state index in [1.807, 2.05) is 12.1 Å². The summed E-state index contributed by atoms with van der Waals surface area (Å²) in [4.78, 5) is 9.43. The molecule has 0 radical (unpaired) electrons. The zero-order chi connectivity index (χ0) is 19.7. The van der Waals surface area contributed by atoms with Crippen LogP contribution in [0.1, 0.15) is 35.7 Å². The number of fused-ring (bicyclic) bond motifs is 1. The molecule has 0 unspecified atom stereocenters. The standard InChI is InChI=1S/C21H22F3N3O/c1-28-16-4-2-14(3-5-16)13-27-10-8-15(9-11-27)18-12-19-17(25-18)6-7-20(26-19)21(22,23)24/h2-7,12,15,25H,8-11,13H2,1H3. The molecule has 2 aromatic heterocycles. The van der Waals surface area contributed by atoms with E-state index in [9.17, 15) is 13.2 Å². The number of halogens is 3. The average Bonchev–Trinajstić information content (AvgIpc) is 3.12. The van der Waals surface area contributed by atoms with Crippen LogP contribution in [0.3, 0.4) is 0 Å². The highest BCUT2D eigenvalue weighted by molar-refractivity contribution is 5.76. The Morgan fingerprint density at radius 1 is 1.11 bits per heavy atom. The molecular weight excluding hydrogens is 367 g/mol. The van der Waals surface area contributed by atoms with Gasteiger partial charge in [-0.3, -0.25) is 4.90 Å². The molecule has 148 valence electrons. The van der Waals surface area contributed by atoms with Crippen molar-refractivity contribution in [3.05, 3.63) is 59.4 Å². The summed E-state index contributed by atoms with van der Waals surface area (Å²) < 4.78 is 43.8. The molecule has 4 rings (SSSR count). The molecule has 3 heterocycles. The van der Waals surface area contributed by atoms with Gasteiger partial charge in [0.1, 0.15) is 11.4 Å². The normalized spacial score (nSPS) is 16.6. The van der Waals surface area contributed by atoms with E-state index in [0.29, 0.717) is 17.0 Å². The van der Waals surface area contributed by atoms with Gasteiger partial charge in [0.2, 0.25) is 0 Å². The molecule has 7 heteroatoms. The Hall–Kier alpha value is -2.54. The van der Waals surface area contributed by atoms with Gasteiger partial charge >= 0.3 is 6.18 Å². The zero-order valence-corrected chi connectivity index (χ0v) is 15.6. The van der Waals surface area contributed by atoms with E-state index in [1.165, 1.54) is 11.6 Å². The van der Waals surface area contributed by atoms with Gasteiger partial charge in [0.25, 0.3) is 0 Å². The molecule has 0 spiro atoms. The maximum atomic E-state index is 12.9. The van der Waals surface area contributed by atoms with Crippen LogP contribution in [-0.4, -0.2) is 35.1 Å². The van der Waals surface area contributed by atoms with Gasteiger partial charge in [-0.25, -0.2) is 4.98 Å². The van der Waals surface area contributed by atoms with Gasteiger partial charge in [-0.15, -0.1) is 0 Å². The van der Waals surface area contributed by atoms with E-state index < -0.39 is 11.9 Å². The van der Waals surface area contributed by atoms with Crippen molar-refractivity contribution in [2.24, 2.45) is 0 Å². The number of methoxy groups -OCH3 is 1. The van der Waals surface area contributed by atoms with Crippen LogP contribution in [0.2, 0.25) is 0 Å². The van der Waals surface area contributed by atoms with Crippen molar-refractivity contribution in [3.8, 4) is 5.75 Å². The first-order valence-electron chi connectivity index (χ1n) is 9.34. The van der Waals surface area contributed by atoms with E-state index in [4.69, 9.17) is 4.74 Å². The molecule has 1 N–H and O–H groups in total. The van der Waals surface area contributed by atoms with Crippen molar-refractivity contribution in [2.45, 2.75) is 31.5 Å². The van der Waals surface area contributed by atoms with E-state index in [1.54, 1.807) is 13.2 Å². The Morgan fingerprint density at radius 3 is 2.46 bits per heavy atom. The van der Waals surface area contributed by atoms with E-state index in [0.717, 1.165) is 50.0 Å². The quantitative estimate of drug-likeness (QED) is 0.685. The van der Waals surface area contributed by atoms with Crippen molar-refractivity contribution in [1.82, 2.24) is 14.9 Å². The minimum absolute atomic E-state index is 0.315. The van der Waals surface area contributed by atoms with Crippen molar-refractivity contribution in [3.63, 3.8) is 0 Å². The highest BCUT2D eigenvalue weighted by atomic mass is 19.4. The van der Waals surface area contributed by atoms with Gasteiger partial charge in [-0.05, 0) is 61.8 Å². The highest BCUT2D eigenvalue weighted by Gasteiger charge is 2.32. The second-order valence-electron chi connectivity index (χ2n) is 7.25. The Labute approximate surface area is 161 Å². The SMILES string of the molecule is COc1ccc(CN2CCC(c3cc4nc(C(F)(F)F)ccc4[nH]3)CC2)cc1. The number of benzene rings is 1. The fourth-order valence-electron chi connectivity index (χ4n) is 3.80. The van der Waals surface area contributed by atoms with Crippen LogP contribution in [0.5, 0.6) is 5.75 Å². The number of hydrogen-bond acceptors (Lipinski definition) is 3. The molecule has 1 aromatic carbocycles. The molecule has 0 amide bonds. The minimum atomic E-state index is -4.42. The largest absolute Gasteiger partial charge is 0.497 e. The predicted molar refractivity (Wildman–Crippen MR) is 101 cm³/mol. The molecule has 1 fully saturated rings. The van der Waals surface area contributed by atoms with E-state index in [2.05, 4.69) is 27.0 Å². The summed E-state index contributed by atoms with van der Waals surface area (Å²) in [5, 5.41) is 0. The van der Waals surface area contributed by atoms with E-state index in [-0.39, 0.29) is 0 Å². The fourth-order valence-corrected chi connectivity index (χ4v) is 3.80. The molecule has 1 aliphatic rings. The summed E-state index contributed by atoms with van der Waals surface area (Å²) in [6, 6.07) is 12.4. The maximum Gasteiger partial charge on any atom is 0.433 e. The first-order valence-corrected chi connectivity index (χ1v) is 9.34. The molecule has 0 atom stereocenters. The van der Waals surface area contributed by atoms with Gasteiger partial charge in [-0.1, -0.05) is 12.1 Å². The number of rotatable bonds is 4. The number of alkyl halides is 3. The van der Waals surface area contributed by atoms with Crippen LogP contribution in [0.15, 0.2) is 42.5 Å². The topological polar surface area (TPSA) is 41.1 Å². The minimum Gasteiger partial charge on any atom is -0.497 e. The highest BCUT2D eigenvalue weighted by Crippen LogP contribution is 2.32. The molecule has 1 saturated heterocycles. The lowest BCUT2D eigenvalue weighted by Crippen LogP contribution is -2.32. The van der Waals surface area contributed by atoms with Crippen LogP contribution in [0, 0.1) is 0 Å². The Bertz CT molecular complexity index is 942. The summed E-state index contributed by atoms with van der Waals surface area (Å²) in [5.41, 5.74) is 2.41. The smallest absolute Gasteiger partial charge is 0.433 e. The number of ether oxygens (including phenoxy) is 1. The maximum absolute atomic E-state index is 12.9. The van der Waals surface area contributed by atoms with Gasteiger partial charge in [-0.2, -0.15) is 13.2 Å². The third kappa shape index (κ3) is 3.99. The predicted octanol–water partition coefficient (Wildman–Crippen LogP) is 4.97. The second-order valence-corrected chi connectivity index (χ2v) is 7.25. The lowest BCUT2D eigenvalue weighted by molar-refractivity contribution is -0.140. The van der Waals surface area contributed by atoms with Crippen molar-refractivity contribution in [2.75, 3.05) is 20.2 Å². The molecule has 3 aromatic rings. The van der Waals surface area contributed by atoms with Crippen LogP contribution in [-0.2, 0) is 12.7 Å². The molecule has 0 aliphatic carbocycles. The lowest BCUT2D eigenvalue weighted by Gasteiger charge is -2.31. The van der Waals surface area contributed by atoms with Crippen LogP contribution < -0.4 is 4.74 Å². The van der Waals surface area contributed by atoms with Crippen LogP contribution >= 0.6 is 0 Å². The van der Waals surface area contributed by atoms with Gasteiger partial charge in [0.05, 0.1) is 18.1 Å². The number of H-pyrrole nitrogens is 1. The molecule has 0 saturated carbocycles. The first kappa shape index (κ1) is 18.8. The van der Waals surface area contributed by atoms with Crippen molar-refractivity contribution in [1.29, 1.82) is 0 Å². The average molecular weight is 389 g/mol. The van der Waals surface area contributed by atoms with E-state index >= 15 is 0 Å². The third-order valence-corrected chi connectivity index (χ3v) is 5.38. The molecule has 0 bridgehead atoms. The number of pyridine rings is 1. The lowest BCUT2D eigenvalue weighted by atomic mass is 9.93. The Morgan fingerprint density at radius 2 is 1.82 bits per heavy atom. The molecule has 1 aliphatic heterocycles. The van der Waals surface area contributed by atoms with Gasteiger partial charge < -0.3 is 9.72 Å². The summed E-state index contributed by atoms with van der Waals surface area (Å²) in [7, 11) is 1.66. The molecule has 4 nitrogen and oxygen atoms in total. The van der Waals surface area contributed by atoms with Crippen molar-refractivity contribution < 1.29 is 17.9 Å². The first-order chi connectivity index (χ1) is 13.4. The number of nitrogens with zero attached hydrogens (tertiary/aromatic N) is 2. The number of aromatic amines is 1. The van der Waals surface area contributed by atoms with Gasteiger partial charge in [0.15, 0.2) is 0 Å². The summed E-state index contributed by atoms with van der Waals surface area (Å²) in [5.74, 6) is 1.17. The number of aromatic nitrogens is 2. The van der Waals surface area contributed by atoms with Crippen LogP contribution in [0.25, 0.3) is 11.0 Å². The monoisotopic (exact) mass is 389 g/mol. The summed E-state index contributed by atoms with van der Waals surface area (Å²) >= 11 is 0. The number of nitrogens with one attached hydrogen (secondary N) is 1. The third-order valence-electron chi connectivity index (χ3n) is 5.38. The zero-order valence-electron chi connectivity index (χ0n) is 15.6. The fraction of sp³-hybridized carbons (Fsp3) is 0.381. The number of likely N-dealkylation sites (tertiary alicyclic amines) is 1. The van der Waals surface area contributed by atoms with Gasteiger partial charge in [0, 0.05) is 18.2 Å². The Balaban J connectivity index is 1.40. The van der Waals surface area contributed by atoms with Crippen LogP contribution in [0.4, 0.5) is 13.2 Å².